The van der Waals surface area contributed by atoms with Crippen LogP contribution in [-0.2, 0) is 0 Å². The second-order valence-corrected chi connectivity index (χ2v) is 4.27. The normalized spacial score (nSPS) is 10.4. The molecular formula is C10H11N5S. The minimum atomic E-state index is 0.547. The Hall–Kier alpha value is -1.69. The summed E-state index contributed by atoms with van der Waals surface area (Å²) < 4.78 is 0. The van der Waals surface area contributed by atoms with E-state index >= 15 is 0 Å². The van der Waals surface area contributed by atoms with E-state index in [1.54, 1.807) is 12.4 Å². The second kappa shape index (κ2) is 4.44. The zero-order valence-corrected chi connectivity index (χ0v) is 9.82. The quantitative estimate of drug-likeness (QED) is 0.794. The number of rotatable bonds is 2. The van der Waals surface area contributed by atoms with Crippen LogP contribution in [0.15, 0.2) is 28.8 Å². The molecule has 0 aliphatic carbocycles. The molecule has 6 heteroatoms. The van der Waals surface area contributed by atoms with E-state index in [0.29, 0.717) is 16.0 Å². The number of anilines is 1. The standard InChI is InChI=1S/C10H11N5S/c1-6-3-7(2)15-10(14-6)16-9-12-4-8(11)5-13-9/h3-5H,11H2,1-2H3. The molecule has 5 nitrogen and oxygen atoms in total. The number of hydrogen-bond donors (Lipinski definition) is 1. The predicted molar refractivity (Wildman–Crippen MR) is 62.1 cm³/mol. The van der Waals surface area contributed by atoms with Gasteiger partial charge >= 0.3 is 0 Å². The molecule has 0 unspecified atom stereocenters. The van der Waals surface area contributed by atoms with E-state index < -0.39 is 0 Å². The van der Waals surface area contributed by atoms with E-state index in [1.165, 1.54) is 11.8 Å². The molecule has 0 amide bonds. The van der Waals surface area contributed by atoms with E-state index in [0.717, 1.165) is 11.4 Å². The van der Waals surface area contributed by atoms with Crippen LogP contribution in [0.25, 0.3) is 0 Å². The molecule has 16 heavy (non-hydrogen) atoms. The Morgan fingerprint density at radius 3 is 2.12 bits per heavy atom. The first-order valence-corrected chi connectivity index (χ1v) is 5.53. The molecule has 2 aromatic heterocycles. The summed E-state index contributed by atoms with van der Waals surface area (Å²) in [4.78, 5) is 16.7. The van der Waals surface area contributed by atoms with Gasteiger partial charge in [0.1, 0.15) is 0 Å². The van der Waals surface area contributed by atoms with Gasteiger partial charge in [0.25, 0.3) is 0 Å². The summed E-state index contributed by atoms with van der Waals surface area (Å²) in [5.41, 5.74) is 7.92. The van der Waals surface area contributed by atoms with Crippen molar-refractivity contribution in [1.29, 1.82) is 0 Å². The summed E-state index contributed by atoms with van der Waals surface area (Å²) in [7, 11) is 0. The Bertz CT molecular complexity index is 477. The molecule has 0 bridgehead atoms. The van der Waals surface area contributed by atoms with Gasteiger partial charge in [-0.3, -0.25) is 0 Å². The number of nitrogens with zero attached hydrogens (tertiary/aromatic N) is 4. The van der Waals surface area contributed by atoms with Gasteiger partial charge < -0.3 is 5.73 Å². The maximum atomic E-state index is 5.50. The van der Waals surface area contributed by atoms with Crippen molar-refractivity contribution in [3.8, 4) is 0 Å². The van der Waals surface area contributed by atoms with Crippen LogP contribution in [0.5, 0.6) is 0 Å². The summed E-state index contributed by atoms with van der Waals surface area (Å²) in [5.74, 6) is 0. The monoisotopic (exact) mass is 233 g/mol. The van der Waals surface area contributed by atoms with Gasteiger partial charge in [-0.2, -0.15) is 0 Å². The third-order valence-electron chi connectivity index (χ3n) is 1.79. The van der Waals surface area contributed by atoms with Crippen LogP contribution in [0.1, 0.15) is 11.4 Å². The van der Waals surface area contributed by atoms with Crippen molar-refractivity contribution in [3.05, 3.63) is 29.8 Å². The van der Waals surface area contributed by atoms with Crippen LogP contribution in [0.3, 0.4) is 0 Å². The molecule has 0 atom stereocenters. The fourth-order valence-electron chi connectivity index (χ4n) is 1.20. The number of nitrogen functional groups attached to an aromatic ring is 1. The third-order valence-corrected chi connectivity index (χ3v) is 2.55. The summed E-state index contributed by atoms with van der Waals surface area (Å²) >= 11 is 1.32. The molecule has 0 saturated heterocycles. The molecule has 0 spiro atoms. The van der Waals surface area contributed by atoms with Crippen LogP contribution in [0, 0.1) is 13.8 Å². The van der Waals surface area contributed by atoms with Crippen molar-refractivity contribution in [1.82, 2.24) is 19.9 Å². The van der Waals surface area contributed by atoms with Crippen molar-refractivity contribution in [2.45, 2.75) is 24.2 Å². The molecule has 0 aromatic carbocycles. The first-order valence-electron chi connectivity index (χ1n) is 4.71. The van der Waals surface area contributed by atoms with Gasteiger partial charge in [-0.15, -0.1) is 0 Å². The summed E-state index contributed by atoms with van der Waals surface area (Å²) in [6, 6.07) is 1.92. The Kier molecular flexibility index (Phi) is 3.00. The van der Waals surface area contributed by atoms with Gasteiger partial charge in [-0.25, -0.2) is 19.9 Å². The average molecular weight is 233 g/mol. The number of aromatic nitrogens is 4. The lowest BCUT2D eigenvalue weighted by molar-refractivity contribution is 0.887. The zero-order valence-electron chi connectivity index (χ0n) is 9.01. The number of aryl methyl sites for hydroxylation is 2. The Balaban J connectivity index is 2.23. The first-order chi connectivity index (χ1) is 7.63. The minimum absolute atomic E-state index is 0.547. The highest BCUT2D eigenvalue weighted by Gasteiger charge is 2.04. The van der Waals surface area contributed by atoms with Gasteiger partial charge in [0.2, 0.25) is 0 Å². The van der Waals surface area contributed by atoms with E-state index in [2.05, 4.69) is 19.9 Å². The van der Waals surface area contributed by atoms with Crippen molar-refractivity contribution in [3.63, 3.8) is 0 Å². The molecule has 0 fully saturated rings. The maximum absolute atomic E-state index is 5.50. The lowest BCUT2D eigenvalue weighted by Crippen LogP contribution is -1.95. The SMILES string of the molecule is Cc1cc(C)nc(Sc2ncc(N)cn2)n1. The lowest BCUT2D eigenvalue weighted by atomic mass is 10.4. The molecule has 0 radical (unpaired) electrons. The predicted octanol–water partition coefficient (Wildman–Crippen LogP) is 1.62. The van der Waals surface area contributed by atoms with Gasteiger partial charge in [-0.1, -0.05) is 0 Å². The lowest BCUT2D eigenvalue weighted by Gasteiger charge is -2.01. The van der Waals surface area contributed by atoms with Gasteiger partial charge in [0.15, 0.2) is 10.3 Å². The summed E-state index contributed by atoms with van der Waals surface area (Å²) in [5, 5.41) is 1.25. The average Bonchev–Trinajstić information content (AvgIpc) is 2.20. The second-order valence-electron chi connectivity index (χ2n) is 3.33. The topological polar surface area (TPSA) is 77.6 Å². The number of nitrogens with two attached hydrogens (primary N) is 1. The zero-order chi connectivity index (χ0) is 11.5. The molecule has 2 rings (SSSR count). The number of hydrogen-bond acceptors (Lipinski definition) is 6. The van der Waals surface area contributed by atoms with Gasteiger partial charge in [0.05, 0.1) is 18.1 Å². The van der Waals surface area contributed by atoms with Crippen LogP contribution >= 0.6 is 11.8 Å². The highest BCUT2D eigenvalue weighted by Crippen LogP contribution is 2.21. The fourth-order valence-corrected chi connectivity index (χ4v) is 1.95. The Labute approximate surface area is 97.6 Å². The van der Waals surface area contributed by atoms with Gasteiger partial charge in [-0.05, 0) is 31.7 Å². The molecule has 0 aliphatic heterocycles. The summed E-state index contributed by atoms with van der Waals surface area (Å²) in [6.45, 7) is 3.87. The van der Waals surface area contributed by atoms with E-state index in [4.69, 9.17) is 5.73 Å². The smallest absolute Gasteiger partial charge is 0.195 e. The molecule has 82 valence electrons. The fraction of sp³-hybridized carbons (Fsp3) is 0.200. The van der Waals surface area contributed by atoms with Gasteiger partial charge in [0, 0.05) is 11.4 Å². The van der Waals surface area contributed by atoms with Crippen molar-refractivity contribution in [2.24, 2.45) is 0 Å². The minimum Gasteiger partial charge on any atom is -0.396 e. The van der Waals surface area contributed by atoms with Crippen LogP contribution in [0.4, 0.5) is 5.69 Å². The molecular weight excluding hydrogens is 222 g/mol. The maximum Gasteiger partial charge on any atom is 0.195 e. The highest BCUT2D eigenvalue weighted by molar-refractivity contribution is 7.99. The van der Waals surface area contributed by atoms with Crippen LogP contribution < -0.4 is 5.73 Å². The van der Waals surface area contributed by atoms with Crippen molar-refractivity contribution < 1.29 is 0 Å². The highest BCUT2D eigenvalue weighted by atomic mass is 32.2. The van der Waals surface area contributed by atoms with Crippen LogP contribution in [-0.4, -0.2) is 19.9 Å². The van der Waals surface area contributed by atoms with Crippen molar-refractivity contribution in [2.75, 3.05) is 5.73 Å². The van der Waals surface area contributed by atoms with Crippen molar-refractivity contribution >= 4 is 17.4 Å². The summed E-state index contributed by atoms with van der Waals surface area (Å²) in [6.07, 6.45) is 3.13. The van der Waals surface area contributed by atoms with Crippen LogP contribution in [0.2, 0.25) is 0 Å². The largest absolute Gasteiger partial charge is 0.396 e. The first kappa shape index (κ1) is 10.8. The Morgan fingerprint density at radius 2 is 1.56 bits per heavy atom. The Morgan fingerprint density at radius 1 is 1.00 bits per heavy atom. The molecule has 0 aliphatic rings. The molecule has 2 heterocycles. The van der Waals surface area contributed by atoms with E-state index in [9.17, 15) is 0 Å². The third kappa shape index (κ3) is 2.66. The van der Waals surface area contributed by atoms with E-state index in [-0.39, 0.29) is 0 Å². The molecule has 0 saturated carbocycles. The van der Waals surface area contributed by atoms with E-state index in [1.807, 2.05) is 19.9 Å². The molecule has 2 aromatic rings. The molecule has 2 N–H and O–H groups in total.